The number of aromatic nitrogens is 2. The topological polar surface area (TPSA) is 77.7 Å². The summed E-state index contributed by atoms with van der Waals surface area (Å²) in [7, 11) is 1.63. The van der Waals surface area contributed by atoms with Crippen molar-refractivity contribution in [3.05, 3.63) is 47.2 Å². The van der Waals surface area contributed by atoms with Crippen molar-refractivity contribution in [2.45, 2.75) is 32.7 Å². The predicted molar refractivity (Wildman–Crippen MR) is 85.4 cm³/mol. The van der Waals surface area contributed by atoms with Gasteiger partial charge in [0.05, 0.1) is 19.3 Å². The maximum absolute atomic E-state index is 12.8. The predicted octanol–water partition coefficient (Wildman–Crippen LogP) is 2.13. The van der Waals surface area contributed by atoms with Crippen molar-refractivity contribution in [3.8, 4) is 0 Å². The number of methoxy groups -OCH3 is 1. The third-order valence-electron chi connectivity index (χ3n) is 3.85. The van der Waals surface area contributed by atoms with Gasteiger partial charge in [0.2, 0.25) is 11.8 Å². The second kappa shape index (κ2) is 7.11. The molecule has 1 aliphatic heterocycles. The molecule has 2 aromatic rings. The summed E-state index contributed by atoms with van der Waals surface area (Å²) in [6.45, 7) is 5.05. The van der Waals surface area contributed by atoms with Gasteiger partial charge in [0.1, 0.15) is 0 Å². The SMILES string of the molecule is COCc1cccc(C(=O)N2C[C@@H](C)O[C@@H](c3nnc(C)o3)C2)c1. The van der Waals surface area contributed by atoms with Gasteiger partial charge in [-0.05, 0) is 24.6 Å². The number of nitrogens with zero attached hydrogens (tertiary/aromatic N) is 3. The van der Waals surface area contributed by atoms with Gasteiger partial charge < -0.3 is 18.8 Å². The van der Waals surface area contributed by atoms with Crippen molar-refractivity contribution in [1.29, 1.82) is 0 Å². The number of aryl methyl sites for hydroxylation is 1. The van der Waals surface area contributed by atoms with Crippen molar-refractivity contribution in [3.63, 3.8) is 0 Å². The van der Waals surface area contributed by atoms with Crippen LogP contribution in [0, 0.1) is 6.92 Å². The van der Waals surface area contributed by atoms with E-state index in [0.29, 0.717) is 37.0 Å². The number of hydrogen-bond acceptors (Lipinski definition) is 6. The van der Waals surface area contributed by atoms with Crippen molar-refractivity contribution >= 4 is 5.91 Å². The first-order valence-electron chi connectivity index (χ1n) is 7.89. The second-order valence-electron chi connectivity index (χ2n) is 5.94. The number of ether oxygens (including phenoxy) is 2. The molecule has 128 valence electrons. The maximum atomic E-state index is 12.8. The minimum absolute atomic E-state index is 0.0376. The average molecular weight is 331 g/mol. The molecule has 0 N–H and O–H groups in total. The zero-order chi connectivity index (χ0) is 17.1. The molecule has 2 heterocycles. The Morgan fingerprint density at radius 1 is 1.38 bits per heavy atom. The third kappa shape index (κ3) is 3.63. The molecule has 0 spiro atoms. The van der Waals surface area contributed by atoms with Crippen molar-refractivity contribution < 1.29 is 18.7 Å². The molecule has 1 amide bonds. The monoisotopic (exact) mass is 331 g/mol. The Labute approximate surface area is 140 Å². The first-order chi connectivity index (χ1) is 11.6. The number of rotatable bonds is 4. The zero-order valence-corrected chi connectivity index (χ0v) is 14.1. The normalized spacial score (nSPS) is 21.0. The molecule has 7 nitrogen and oxygen atoms in total. The molecule has 1 fully saturated rings. The van der Waals surface area contributed by atoms with Crippen LogP contribution in [0.3, 0.4) is 0 Å². The van der Waals surface area contributed by atoms with Gasteiger partial charge in [0, 0.05) is 26.1 Å². The van der Waals surface area contributed by atoms with E-state index in [9.17, 15) is 4.79 Å². The number of carbonyl (C=O) groups excluding carboxylic acids is 1. The Morgan fingerprint density at radius 2 is 2.21 bits per heavy atom. The standard InChI is InChI=1S/C17H21N3O4/c1-11-8-20(9-15(23-11)16-19-18-12(2)24-16)17(21)14-6-4-5-13(7-14)10-22-3/h4-7,11,15H,8-10H2,1-3H3/t11-,15-/m1/s1. The Hall–Kier alpha value is -2.25. The first kappa shape index (κ1) is 16.6. The molecule has 0 radical (unpaired) electrons. The quantitative estimate of drug-likeness (QED) is 0.854. The zero-order valence-electron chi connectivity index (χ0n) is 14.1. The van der Waals surface area contributed by atoms with Gasteiger partial charge in [-0.3, -0.25) is 4.79 Å². The Kier molecular flexibility index (Phi) is 4.92. The highest BCUT2D eigenvalue weighted by molar-refractivity contribution is 5.94. The molecule has 1 saturated heterocycles. The number of morpholine rings is 1. The lowest BCUT2D eigenvalue weighted by Gasteiger charge is -2.35. The first-order valence-corrected chi connectivity index (χ1v) is 7.89. The summed E-state index contributed by atoms with van der Waals surface area (Å²) < 4.78 is 16.4. The number of benzene rings is 1. The largest absolute Gasteiger partial charge is 0.423 e. The number of carbonyl (C=O) groups is 1. The third-order valence-corrected chi connectivity index (χ3v) is 3.85. The Morgan fingerprint density at radius 3 is 2.92 bits per heavy atom. The molecule has 1 aliphatic rings. The van der Waals surface area contributed by atoms with Crippen LogP contribution in [-0.2, 0) is 16.1 Å². The fourth-order valence-electron chi connectivity index (χ4n) is 2.84. The van der Waals surface area contributed by atoms with Crippen LogP contribution in [0.5, 0.6) is 0 Å². The van der Waals surface area contributed by atoms with Crippen LogP contribution < -0.4 is 0 Å². The van der Waals surface area contributed by atoms with Gasteiger partial charge in [-0.1, -0.05) is 12.1 Å². The minimum Gasteiger partial charge on any atom is -0.423 e. The van der Waals surface area contributed by atoms with Crippen LogP contribution in [0.15, 0.2) is 28.7 Å². The van der Waals surface area contributed by atoms with E-state index < -0.39 is 6.10 Å². The summed E-state index contributed by atoms with van der Waals surface area (Å²) >= 11 is 0. The van der Waals surface area contributed by atoms with Crippen molar-refractivity contribution in [2.24, 2.45) is 0 Å². The Balaban J connectivity index is 1.77. The van der Waals surface area contributed by atoms with E-state index in [1.165, 1.54) is 0 Å². The lowest BCUT2D eigenvalue weighted by atomic mass is 10.1. The van der Waals surface area contributed by atoms with Crippen LogP contribution >= 0.6 is 0 Å². The van der Waals surface area contributed by atoms with E-state index >= 15 is 0 Å². The van der Waals surface area contributed by atoms with Crippen LogP contribution in [0.4, 0.5) is 0 Å². The molecule has 0 saturated carbocycles. The summed E-state index contributed by atoms with van der Waals surface area (Å²) in [6.07, 6.45) is -0.511. The molecular weight excluding hydrogens is 310 g/mol. The van der Waals surface area contributed by atoms with Gasteiger partial charge in [-0.25, -0.2) is 0 Å². The lowest BCUT2D eigenvalue weighted by molar-refractivity contribution is -0.0796. The fourth-order valence-corrected chi connectivity index (χ4v) is 2.84. The number of amides is 1. The summed E-state index contributed by atoms with van der Waals surface area (Å²) in [6, 6.07) is 7.47. The highest BCUT2D eigenvalue weighted by Gasteiger charge is 2.32. The van der Waals surface area contributed by atoms with Crippen LogP contribution in [0.25, 0.3) is 0 Å². The van der Waals surface area contributed by atoms with Crippen molar-refractivity contribution in [2.75, 3.05) is 20.2 Å². The van der Waals surface area contributed by atoms with E-state index in [1.807, 2.05) is 31.2 Å². The molecule has 0 aliphatic carbocycles. The van der Waals surface area contributed by atoms with Gasteiger partial charge in [0.15, 0.2) is 6.10 Å². The molecular formula is C17H21N3O4. The highest BCUT2D eigenvalue weighted by atomic mass is 16.5. The van der Waals surface area contributed by atoms with Crippen LogP contribution in [0.1, 0.15) is 40.7 Å². The minimum atomic E-state index is -0.402. The van der Waals surface area contributed by atoms with E-state index in [1.54, 1.807) is 18.9 Å². The summed E-state index contributed by atoms with van der Waals surface area (Å²) in [5, 5.41) is 7.85. The van der Waals surface area contributed by atoms with E-state index in [-0.39, 0.29) is 12.0 Å². The molecule has 0 bridgehead atoms. The average Bonchev–Trinajstić information content (AvgIpc) is 3.01. The maximum Gasteiger partial charge on any atom is 0.254 e. The van der Waals surface area contributed by atoms with Gasteiger partial charge in [0.25, 0.3) is 5.91 Å². The van der Waals surface area contributed by atoms with Crippen LogP contribution in [0.2, 0.25) is 0 Å². The van der Waals surface area contributed by atoms with Gasteiger partial charge in [-0.2, -0.15) is 0 Å². The van der Waals surface area contributed by atoms with E-state index in [0.717, 1.165) is 5.56 Å². The fraction of sp³-hybridized carbons (Fsp3) is 0.471. The molecule has 3 rings (SSSR count). The lowest BCUT2D eigenvalue weighted by Crippen LogP contribution is -2.46. The van der Waals surface area contributed by atoms with Gasteiger partial charge >= 0.3 is 0 Å². The van der Waals surface area contributed by atoms with E-state index in [2.05, 4.69) is 10.2 Å². The molecule has 1 aromatic carbocycles. The smallest absolute Gasteiger partial charge is 0.254 e. The summed E-state index contributed by atoms with van der Waals surface area (Å²) in [4.78, 5) is 14.6. The molecule has 2 atom stereocenters. The Bertz CT molecular complexity index is 715. The van der Waals surface area contributed by atoms with E-state index in [4.69, 9.17) is 13.9 Å². The van der Waals surface area contributed by atoms with Crippen LogP contribution in [-0.4, -0.2) is 47.3 Å². The van der Waals surface area contributed by atoms with Crippen molar-refractivity contribution in [1.82, 2.24) is 15.1 Å². The molecule has 24 heavy (non-hydrogen) atoms. The molecule has 1 aromatic heterocycles. The number of hydrogen-bond donors (Lipinski definition) is 0. The highest BCUT2D eigenvalue weighted by Crippen LogP contribution is 2.25. The molecule has 7 heteroatoms. The summed E-state index contributed by atoms with van der Waals surface area (Å²) in [5.74, 6) is 0.853. The second-order valence-corrected chi connectivity index (χ2v) is 5.94. The summed E-state index contributed by atoms with van der Waals surface area (Å²) in [5.41, 5.74) is 1.60. The molecule has 0 unspecified atom stereocenters. The van der Waals surface area contributed by atoms with Gasteiger partial charge in [-0.15, -0.1) is 10.2 Å².